The van der Waals surface area contributed by atoms with Gasteiger partial charge in [0.2, 0.25) is 0 Å². The fourth-order valence-corrected chi connectivity index (χ4v) is 2.31. The lowest BCUT2D eigenvalue weighted by molar-refractivity contribution is 0.372. The fourth-order valence-electron chi connectivity index (χ4n) is 2.31. The molecular weight excluding hydrogens is 120 g/mol. The van der Waals surface area contributed by atoms with Crippen LogP contribution >= 0.6 is 0 Å². The second-order valence-corrected chi connectivity index (χ2v) is 3.43. The largest absolute Gasteiger partial charge is 0.119 e. The Morgan fingerprint density at radius 1 is 1.60 bits per heavy atom. The van der Waals surface area contributed by atoms with Gasteiger partial charge < -0.3 is 0 Å². The number of hydrogen-bond acceptors (Lipinski definition) is 0. The predicted octanol–water partition coefficient (Wildman–Crippen LogP) is 2.37. The number of fused-ring (bicyclic) bond motifs is 1. The van der Waals surface area contributed by atoms with Crippen LogP contribution in [0.15, 0.2) is 12.2 Å². The van der Waals surface area contributed by atoms with Gasteiger partial charge in [-0.2, -0.15) is 0 Å². The maximum Gasteiger partial charge on any atom is 0.0408 e. The molecule has 1 saturated carbocycles. The van der Waals surface area contributed by atoms with E-state index in [2.05, 4.69) is 18.1 Å². The van der Waals surface area contributed by atoms with Crippen LogP contribution in [-0.2, 0) is 0 Å². The van der Waals surface area contributed by atoms with E-state index in [4.69, 9.17) is 6.42 Å². The molecule has 2 rings (SSSR count). The third-order valence-electron chi connectivity index (χ3n) is 2.99. The van der Waals surface area contributed by atoms with Gasteiger partial charge in [-0.3, -0.25) is 0 Å². The van der Waals surface area contributed by atoms with Gasteiger partial charge in [-0.05, 0) is 25.2 Å². The molecule has 0 heterocycles. The summed E-state index contributed by atoms with van der Waals surface area (Å²) >= 11 is 0. The Morgan fingerprint density at radius 2 is 2.50 bits per heavy atom. The van der Waals surface area contributed by atoms with Crippen LogP contribution in [0.1, 0.15) is 25.7 Å². The molecule has 0 aromatic carbocycles. The molecule has 2 aliphatic rings. The van der Waals surface area contributed by atoms with Gasteiger partial charge in [-0.1, -0.05) is 24.5 Å². The van der Waals surface area contributed by atoms with Crippen molar-refractivity contribution in [1.82, 2.24) is 0 Å². The summed E-state index contributed by atoms with van der Waals surface area (Å²) in [5.41, 5.74) is 0.264. The molecular formula is C10H12. The highest BCUT2D eigenvalue weighted by Gasteiger charge is 2.41. The van der Waals surface area contributed by atoms with Crippen molar-refractivity contribution in [1.29, 1.82) is 0 Å². The molecule has 0 aliphatic heterocycles. The monoisotopic (exact) mass is 132 g/mol. The van der Waals surface area contributed by atoms with E-state index in [9.17, 15) is 0 Å². The molecule has 2 aliphatic carbocycles. The van der Waals surface area contributed by atoms with Crippen molar-refractivity contribution in [3.8, 4) is 12.3 Å². The highest BCUT2D eigenvalue weighted by molar-refractivity contribution is 5.22. The maximum absolute atomic E-state index is 5.52. The first kappa shape index (κ1) is 6.04. The Bertz CT molecular complexity index is 207. The van der Waals surface area contributed by atoms with Crippen LogP contribution < -0.4 is 0 Å². The van der Waals surface area contributed by atoms with E-state index in [1.807, 2.05) is 0 Å². The molecule has 10 heavy (non-hydrogen) atoms. The molecule has 0 unspecified atom stereocenters. The van der Waals surface area contributed by atoms with Crippen molar-refractivity contribution in [3.63, 3.8) is 0 Å². The molecule has 52 valence electrons. The Hall–Kier alpha value is -0.700. The minimum atomic E-state index is 0.264. The number of terminal acetylenes is 1. The molecule has 0 radical (unpaired) electrons. The molecule has 0 aromatic heterocycles. The van der Waals surface area contributed by atoms with Crippen molar-refractivity contribution in [2.75, 3.05) is 0 Å². The summed E-state index contributed by atoms with van der Waals surface area (Å²) in [5.74, 6) is 3.70. The van der Waals surface area contributed by atoms with Gasteiger partial charge >= 0.3 is 0 Å². The van der Waals surface area contributed by atoms with Gasteiger partial charge in [0.25, 0.3) is 0 Å². The van der Waals surface area contributed by atoms with Crippen LogP contribution in [-0.4, -0.2) is 0 Å². The van der Waals surface area contributed by atoms with Crippen LogP contribution in [0.4, 0.5) is 0 Å². The first-order valence-corrected chi connectivity index (χ1v) is 4.02. The topological polar surface area (TPSA) is 0 Å². The van der Waals surface area contributed by atoms with E-state index in [-0.39, 0.29) is 5.41 Å². The quantitative estimate of drug-likeness (QED) is 0.350. The zero-order valence-corrected chi connectivity index (χ0v) is 6.14. The van der Waals surface area contributed by atoms with Gasteiger partial charge in [0.1, 0.15) is 0 Å². The Labute approximate surface area is 62.3 Å². The summed E-state index contributed by atoms with van der Waals surface area (Å²) in [5, 5.41) is 0. The first-order valence-electron chi connectivity index (χ1n) is 4.02. The predicted molar refractivity (Wildman–Crippen MR) is 42.4 cm³/mol. The molecule has 0 amide bonds. The molecule has 0 N–H and O–H groups in total. The van der Waals surface area contributed by atoms with Gasteiger partial charge in [0, 0.05) is 5.41 Å². The average Bonchev–Trinajstić information content (AvgIpc) is 2.42. The first-order chi connectivity index (χ1) is 4.87. The SMILES string of the molecule is C#C[C@@]12CC=C[C@@H]1CCC2. The molecule has 1 fully saturated rings. The zero-order valence-electron chi connectivity index (χ0n) is 6.14. The lowest BCUT2D eigenvalue weighted by atomic mass is 9.81. The van der Waals surface area contributed by atoms with E-state index in [0.29, 0.717) is 0 Å². The minimum Gasteiger partial charge on any atom is -0.119 e. The summed E-state index contributed by atoms with van der Waals surface area (Å²) in [6.07, 6.45) is 15.1. The molecule has 0 nitrogen and oxygen atoms in total. The van der Waals surface area contributed by atoms with Crippen LogP contribution in [0.2, 0.25) is 0 Å². The lowest BCUT2D eigenvalue weighted by Gasteiger charge is -2.21. The number of allylic oxidation sites excluding steroid dienone is 2. The van der Waals surface area contributed by atoms with Crippen LogP contribution in [0.3, 0.4) is 0 Å². The fraction of sp³-hybridized carbons (Fsp3) is 0.600. The molecule has 0 spiro atoms. The second-order valence-electron chi connectivity index (χ2n) is 3.43. The molecule has 2 atom stereocenters. The zero-order chi connectivity index (χ0) is 7.03. The smallest absolute Gasteiger partial charge is 0.0408 e. The van der Waals surface area contributed by atoms with Crippen molar-refractivity contribution >= 4 is 0 Å². The van der Waals surface area contributed by atoms with Gasteiger partial charge in [0.15, 0.2) is 0 Å². The van der Waals surface area contributed by atoms with Crippen molar-refractivity contribution < 1.29 is 0 Å². The van der Waals surface area contributed by atoms with E-state index < -0.39 is 0 Å². The summed E-state index contributed by atoms with van der Waals surface area (Å²) in [7, 11) is 0. The maximum atomic E-state index is 5.52. The summed E-state index contributed by atoms with van der Waals surface area (Å²) in [6.45, 7) is 0. The van der Waals surface area contributed by atoms with E-state index >= 15 is 0 Å². The van der Waals surface area contributed by atoms with Crippen molar-refractivity contribution in [3.05, 3.63) is 12.2 Å². The van der Waals surface area contributed by atoms with Crippen molar-refractivity contribution in [2.45, 2.75) is 25.7 Å². The highest BCUT2D eigenvalue weighted by atomic mass is 14.4. The summed E-state index contributed by atoms with van der Waals surface area (Å²) in [4.78, 5) is 0. The second kappa shape index (κ2) is 1.89. The molecule has 0 heteroatoms. The van der Waals surface area contributed by atoms with Crippen LogP contribution in [0, 0.1) is 23.7 Å². The standard InChI is InChI=1S/C10H12/c1-2-10-7-3-5-9(10)6-4-8-10/h1,3,5,9H,4,6-8H2/t9-,10+/m1/s1. The van der Waals surface area contributed by atoms with Crippen LogP contribution in [0.25, 0.3) is 0 Å². The molecule has 0 aromatic rings. The van der Waals surface area contributed by atoms with E-state index in [1.54, 1.807) is 0 Å². The van der Waals surface area contributed by atoms with Gasteiger partial charge in [0.05, 0.1) is 0 Å². The number of rotatable bonds is 0. The lowest BCUT2D eigenvalue weighted by Crippen LogP contribution is -2.16. The van der Waals surface area contributed by atoms with E-state index in [1.165, 1.54) is 19.3 Å². The van der Waals surface area contributed by atoms with Gasteiger partial charge in [-0.15, -0.1) is 6.42 Å². The summed E-state index contributed by atoms with van der Waals surface area (Å²) in [6, 6.07) is 0. The Morgan fingerprint density at radius 3 is 3.20 bits per heavy atom. The Balaban J connectivity index is 2.31. The third-order valence-corrected chi connectivity index (χ3v) is 2.99. The molecule has 0 bridgehead atoms. The average molecular weight is 132 g/mol. The van der Waals surface area contributed by atoms with Gasteiger partial charge in [-0.25, -0.2) is 0 Å². The number of hydrogen-bond donors (Lipinski definition) is 0. The van der Waals surface area contributed by atoms with E-state index in [0.717, 1.165) is 12.3 Å². The summed E-state index contributed by atoms with van der Waals surface area (Å²) < 4.78 is 0. The minimum absolute atomic E-state index is 0.264. The molecule has 0 saturated heterocycles. The highest BCUT2D eigenvalue weighted by Crippen LogP contribution is 2.49. The normalized spacial score (nSPS) is 43.3. The van der Waals surface area contributed by atoms with Crippen LogP contribution in [0.5, 0.6) is 0 Å². The van der Waals surface area contributed by atoms with Crippen molar-refractivity contribution in [2.24, 2.45) is 11.3 Å². The Kier molecular flexibility index (Phi) is 1.14. The third kappa shape index (κ3) is 0.583.